The van der Waals surface area contributed by atoms with Crippen molar-refractivity contribution in [3.63, 3.8) is 0 Å². The zero-order valence-electron chi connectivity index (χ0n) is 18.0. The van der Waals surface area contributed by atoms with Gasteiger partial charge in [0.2, 0.25) is 0 Å². The smallest absolute Gasteiger partial charge is 0.191 e. The molecule has 0 radical (unpaired) electrons. The number of nitrogens with one attached hydrogen (secondary N) is 2. The van der Waals surface area contributed by atoms with Crippen LogP contribution in [0.3, 0.4) is 0 Å². The Bertz CT molecular complexity index is 638. The molecular weight excluding hydrogens is 366 g/mol. The molecule has 162 valence electrons. The predicted octanol–water partition coefficient (Wildman–Crippen LogP) is 3.12. The Morgan fingerprint density at radius 3 is 2.86 bits per heavy atom. The fourth-order valence-electron chi connectivity index (χ4n) is 4.39. The first-order valence-electron chi connectivity index (χ1n) is 11.0. The first kappa shape index (κ1) is 21.9. The van der Waals surface area contributed by atoms with Crippen molar-refractivity contribution >= 4 is 5.96 Å². The molecular formula is C23H37N3O3. The second-order valence-electron chi connectivity index (χ2n) is 8.23. The van der Waals surface area contributed by atoms with Gasteiger partial charge < -0.3 is 24.8 Å². The van der Waals surface area contributed by atoms with Gasteiger partial charge in [-0.25, -0.2) is 0 Å². The van der Waals surface area contributed by atoms with E-state index in [2.05, 4.69) is 33.8 Å². The highest BCUT2D eigenvalue weighted by molar-refractivity contribution is 5.79. The molecule has 1 heterocycles. The Balaban J connectivity index is 1.42. The van der Waals surface area contributed by atoms with Gasteiger partial charge in [-0.2, -0.15) is 0 Å². The zero-order chi connectivity index (χ0) is 20.4. The van der Waals surface area contributed by atoms with Crippen molar-refractivity contribution < 1.29 is 14.2 Å². The molecule has 0 amide bonds. The van der Waals surface area contributed by atoms with Crippen LogP contribution in [0.15, 0.2) is 29.3 Å². The number of aliphatic imine (C=N–C) groups is 1. The van der Waals surface area contributed by atoms with E-state index >= 15 is 0 Å². The minimum Gasteiger partial charge on any atom is -0.497 e. The number of nitrogens with zero attached hydrogens (tertiary/aromatic N) is 1. The number of guanidine groups is 1. The van der Waals surface area contributed by atoms with Crippen molar-refractivity contribution in [2.45, 2.75) is 43.9 Å². The fourth-order valence-corrected chi connectivity index (χ4v) is 4.39. The van der Waals surface area contributed by atoms with Crippen LogP contribution < -0.4 is 15.4 Å². The summed E-state index contributed by atoms with van der Waals surface area (Å²) in [7, 11) is 3.56. The van der Waals surface area contributed by atoms with E-state index in [1.54, 1.807) is 7.11 Å². The lowest BCUT2D eigenvalue weighted by Gasteiger charge is -2.31. The third-order valence-corrected chi connectivity index (χ3v) is 6.20. The van der Waals surface area contributed by atoms with Gasteiger partial charge in [-0.1, -0.05) is 25.0 Å². The third kappa shape index (κ3) is 6.34. The topological polar surface area (TPSA) is 64.1 Å². The van der Waals surface area contributed by atoms with Gasteiger partial charge in [0.15, 0.2) is 5.96 Å². The van der Waals surface area contributed by atoms with Gasteiger partial charge in [-0.05, 0) is 43.4 Å². The first-order valence-corrected chi connectivity index (χ1v) is 11.0. The van der Waals surface area contributed by atoms with Crippen molar-refractivity contribution in [2.24, 2.45) is 10.9 Å². The fraction of sp³-hybridized carbons (Fsp3) is 0.696. The number of ether oxygens (including phenoxy) is 3. The summed E-state index contributed by atoms with van der Waals surface area (Å²) in [4.78, 5) is 4.40. The molecule has 1 saturated carbocycles. The van der Waals surface area contributed by atoms with E-state index in [1.165, 1.54) is 31.2 Å². The van der Waals surface area contributed by atoms with E-state index in [9.17, 15) is 0 Å². The summed E-state index contributed by atoms with van der Waals surface area (Å²) in [6, 6.07) is 8.54. The quantitative estimate of drug-likeness (QED) is 0.357. The maximum absolute atomic E-state index is 5.78. The van der Waals surface area contributed by atoms with Gasteiger partial charge in [0.05, 0.1) is 20.3 Å². The average Bonchev–Trinajstić information content (AvgIpc) is 3.45. The van der Waals surface area contributed by atoms with Crippen LogP contribution in [0, 0.1) is 5.92 Å². The molecule has 1 atom stereocenters. The van der Waals surface area contributed by atoms with E-state index in [0.29, 0.717) is 5.92 Å². The van der Waals surface area contributed by atoms with Crippen LogP contribution >= 0.6 is 0 Å². The molecule has 3 rings (SSSR count). The molecule has 0 spiro atoms. The van der Waals surface area contributed by atoms with Gasteiger partial charge in [0.1, 0.15) is 5.75 Å². The SMILES string of the molecule is CN=C(NCCCOCC1CCOC1)NCC1(c2cccc(OC)c2)CCCC1. The highest BCUT2D eigenvalue weighted by Gasteiger charge is 2.36. The Morgan fingerprint density at radius 1 is 1.28 bits per heavy atom. The Hall–Kier alpha value is -1.79. The molecule has 1 saturated heterocycles. The summed E-state index contributed by atoms with van der Waals surface area (Å²) in [6.07, 6.45) is 7.04. The summed E-state index contributed by atoms with van der Waals surface area (Å²) in [5.41, 5.74) is 1.51. The minimum absolute atomic E-state index is 0.151. The van der Waals surface area contributed by atoms with E-state index in [1.807, 2.05) is 13.1 Å². The Kier molecular flexibility index (Phi) is 8.62. The summed E-state index contributed by atoms with van der Waals surface area (Å²) >= 11 is 0. The maximum Gasteiger partial charge on any atom is 0.191 e. The molecule has 1 aromatic carbocycles. The normalized spacial score (nSPS) is 21.3. The summed E-state index contributed by atoms with van der Waals surface area (Å²) in [5.74, 6) is 2.38. The number of hydrogen-bond acceptors (Lipinski definition) is 4. The molecule has 1 aliphatic carbocycles. The molecule has 0 bridgehead atoms. The molecule has 29 heavy (non-hydrogen) atoms. The Labute approximate surface area is 175 Å². The second kappa shape index (κ2) is 11.4. The monoisotopic (exact) mass is 403 g/mol. The minimum atomic E-state index is 0.151. The van der Waals surface area contributed by atoms with Crippen LogP contribution in [0.5, 0.6) is 5.75 Å². The molecule has 6 nitrogen and oxygen atoms in total. The number of rotatable bonds is 10. The van der Waals surface area contributed by atoms with Gasteiger partial charge in [-0.15, -0.1) is 0 Å². The van der Waals surface area contributed by atoms with Gasteiger partial charge in [0, 0.05) is 44.7 Å². The molecule has 2 aliphatic rings. The molecule has 1 unspecified atom stereocenters. The summed E-state index contributed by atoms with van der Waals surface area (Å²) < 4.78 is 16.6. The first-order chi connectivity index (χ1) is 14.3. The van der Waals surface area contributed by atoms with E-state index < -0.39 is 0 Å². The molecule has 0 aromatic heterocycles. The van der Waals surface area contributed by atoms with Crippen LogP contribution in [0.2, 0.25) is 0 Å². The van der Waals surface area contributed by atoms with E-state index in [4.69, 9.17) is 14.2 Å². The summed E-state index contributed by atoms with van der Waals surface area (Å²) in [5, 5.41) is 6.99. The highest BCUT2D eigenvalue weighted by atomic mass is 16.5. The van der Waals surface area contributed by atoms with Gasteiger partial charge in [-0.3, -0.25) is 4.99 Å². The number of benzene rings is 1. The van der Waals surface area contributed by atoms with E-state index in [-0.39, 0.29) is 5.41 Å². The number of methoxy groups -OCH3 is 1. The standard InChI is InChI=1S/C23H37N3O3/c1-24-22(25-12-6-13-28-16-19-9-14-29-17-19)26-18-23(10-3-4-11-23)20-7-5-8-21(15-20)27-2/h5,7-8,15,19H,3-4,6,9-14,16-18H2,1-2H3,(H2,24,25,26). The second-order valence-corrected chi connectivity index (χ2v) is 8.23. The number of hydrogen-bond donors (Lipinski definition) is 2. The molecule has 6 heteroatoms. The van der Waals surface area contributed by atoms with Crippen LogP contribution in [-0.2, 0) is 14.9 Å². The van der Waals surface area contributed by atoms with Crippen LogP contribution in [0.1, 0.15) is 44.1 Å². The molecule has 2 N–H and O–H groups in total. The zero-order valence-corrected chi connectivity index (χ0v) is 18.0. The Morgan fingerprint density at radius 2 is 2.14 bits per heavy atom. The maximum atomic E-state index is 5.78. The van der Waals surface area contributed by atoms with Crippen molar-refractivity contribution in [3.05, 3.63) is 29.8 Å². The lowest BCUT2D eigenvalue weighted by atomic mass is 9.78. The van der Waals surface area contributed by atoms with Crippen molar-refractivity contribution in [1.29, 1.82) is 0 Å². The van der Waals surface area contributed by atoms with Crippen molar-refractivity contribution in [2.75, 3.05) is 53.7 Å². The lowest BCUT2D eigenvalue weighted by molar-refractivity contribution is 0.0888. The predicted molar refractivity (Wildman–Crippen MR) is 117 cm³/mol. The average molecular weight is 404 g/mol. The molecule has 2 fully saturated rings. The van der Waals surface area contributed by atoms with Gasteiger partial charge >= 0.3 is 0 Å². The molecule has 1 aliphatic heterocycles. The lowest BCUT2D eigenvalue weighted by Crippen LogP contribution is -2.45. The van der Waals surface area contributed by atoms with E-state index in [0.717, 1.165) is 64.1 Å². The van der Waals surface area contributed by atoms with Crippen molar-refractivity contribution in [3.8, 4) is 5.75 Å². The highest BCUT2D eigenvalue weighted by Crippen LogP contribution is 2.41. The third-order valence-electron chi connectivity index (χ3n) is 6.20. The van der Waals surface area contributed by atoms with Crippen LogP contribution in [0.4, 0.5) is 0 Å². The van der Waals surface area contributed by atoms with Gasteiger partial charge in [0.25, 0.3) is 0 Å². The van der Waals surface area contributed by atoms with Crippen LogP contribution in [0.25, 0.3) is 0 Å². The summed E-state index contributed by atoms with van der Waals surface area (Å²) in [6.45, 7) is 5.06. The van der Waals surface area contributed by atoms with Crippen molar-refractivity contribution in [1.82, 2.24) is 10.6 Å². The molecule has 1 aromatic rings. The van der Waals surface area contributed by atoms with Crippen LogP contribution in [-0.4, -0.2) is 59.6 Å². The largest absolute Gasteiger partial charge is 0.497 e.